The quantitative estimate of drug-likeness (QED) is 0.613. The lowest BCUT2D eigenvalue weighted by Gasteiger charge is -1.99. The molecule has 0 bridgehead atoms. The van der Waals surface area contributed by atoms with Crippen LogP contribution in [0.2, 0.25) is 0 Å². The van der Waals surface area contributed by atoms with Gasteiger partial charge in [0.2, 0.25) is 0 Å². The Bertz CT molecular complexity index is 415. The standard InChI is InChI=1S/C13H15NO2/c1-3-16-13(15)8-7-11-5-4-6-12(9-11)10-14-2/h4-6,9,14H,3,10H2,1-2H3. The van der Waals surface area contributed by atoms with Crippen LogP contribution in [-0.2, 0) is 16.1 Å². The molecule has 1 aromatic rings. The van der Waals surface area contributed by atoms with Gasteiger partial charge in [-0.1, -0.05) is 18.1 Å². The van der Waals surface area contributed by atoms with Crippen molar-refractivity contribution in [2.45, 2.75) is 13.5 Å². The Labute approximate surface area is 95.8 Å². The Morgan fingerprint density at radius 2 is 2.31 bits per heavy atom. The molecule has 84 valence electrons. The van der Waals surface area contributed by atoms with Crippen molar-refractivity contribution < 1.29 is 9.53 Å². The van der Waals surface area contributed by atoms with E-state index >= 15 is 0 Å². The number of nitrogens with one attached hydrogen (secondary N) is 1. The predicted molar refractivity (Wildman–Crippen MR) is 62.7 cm³/mol. The fourth-order valence-electron chi connectivity index (χ4n) is 1.25. The van der Waals surface area contributed by atoms with Gasteiger partial charge in [-0.05, 0) is 31.7 Å². The molecule has 0 aliphatic heterocycles. The molecule has 0 saturated carbocycles. The van der Waals surface area contributed by atoms with Gasteiger partial charge in [-0.15, -0.1) is 0 Å². The average molecular weight is 217 g/mol. The van der Waals surface area contributed by atoms with Gasteiger partial charge in [-0.3, -0.25) is 0 Å². The van der Waals surface area contributed by atoms with Crippen molar-refractivity contribution in [2.24, 2.45) is 0 Å². The minimum Gasteiger partial charge on any atom is -0.456 e. The van der Waals surface area contributed by atoms with Crippen molar-refractivity contribution >= 4 is 5.97 Å². The molecule has 1 aromatic carbocycles. The number of esters is 1. The summed E-state index contributed by atoms with van der Waals surface area (Å²) in [5.74, 6) is 4.73. The van der Waals surface area contributed by atoms with Gasteiger partial charge in [-0.25, -0.2) is 4.79 Å². The second-order valence-electron chi connectivity index (χ2n) is 3.20. The van der Waals surface area contributed by atoms with E-state index in [4.69, 9.17) is 4.74 Å². The van der Waals surface area contributed by atoms with Crippen LogP contribution in [0.5, 0.6) is 0 Å². The molecule has 0 aliphatic carbocycles. The first-order valence-electron chi connectivity index (χ1n) is 5.18. The topological polar surface area (TPSA) is 38.3 Å². The van der Waals surface area contributed by atoms with Crippen LogP contribution in [0, 0.1) is 11.8 Å². The molecule has 3 nitrogen and oxygen atoms in total. The van der Waals surface area contributed by atoms with Gasteiger partial charge < -0.3 is 10.1 Å². The molecule has 1 rings (SSSR count). The Kier molecular flexibility index (Phi) is 5.10. The first-order valence-corrected chi connectivity index (χ1v) is 5.18. The van der Waals surface area contributed by atoms with E-state index in [0.717, 1.165) is 17.7 Å². The number of benzene rings is 1. The van der Waals surface area contributed by atoms with E-state index in [1.165, 1.54) is 0 Å². The largest absolute Gasteiger partial charge is 0.456 e. The number of hydrogen-bond donors (Lipinski definition) is 1. The summed E-state index contributed by atoms with van der Waals surface area (Å²) in [6.45, 7) is 2.90. The number of carbonyl (C=O) groups is 1. The molecule has 0 unspecified atom stereocenters. The lowest BCUT2D eigenvalue weighted by atomic mass is 10.1. The number of carbonyl (C=O) groups excluding carboxylic acids is 1. The lowest BCUT2D eigenvalue weighted by Crippen LogP contribution is -2.04. The molecule has 0 fully saturated rings. The zero-order valence-electron chi connectivity index (χ0n) is 9.54. The third kappa shape index (κ3) is 4.16. The third-order valence-electron chi connectivity index (χ3n) is 1.89. The van der Waals surface area contributed by atoms with Gasteiger partial charge in [0.15, 0.2) is 0 Å². The molecule has 0 heterocycles. The maximum Gasteiger partial charge on any atom is 0.384 e. The van der Waals surface area contributed by atoms with E-state index in [1.54, 1.807) is 6.92 Å². The summed E-state index contributed by atoms with van der Waals surface area (Å²) < 4.78 is 4.72. The van der Waals surface area contributed by atoms with Crippen molar-refractivity contribution in [3.05, 3.63) is 35.4 Å². The molecule has 3 heteroatoms. The van der Waals surface area contributed by atoms with Crippen LogP contribution in [-0.4, -0.2) is 19.6 Å². The van der Waals surface area contributed by atoms with Gasteiger partial charge in [0.25, 0.3) is 0 Å². The van der Waals surface area contributed by atoms with Crippen molar-refractivity contribution in [3.63, 3.8) is 0 Å². The average Bonchev–Trinajstić information content (AvgIpc) is 2.28. The minimum atomic E-state index is -0.485. The summed E-state index contributed by atoms with van der Waals surface area (Å²) in [6, 6.07) is 7.74. The highest BCUT2D eigenvalue weighted by molar-refractivity contribution is 5.89. The van der Waals surface area contributed by atoms with Crippen LogP contribution in [0.15, 0.2) is 24.3 Å². The Morgan fingerprint density at radius 1 is 1.50 bits per heavy atom. The maximum absolute atomic E-state index is 11.0. The summed E-state index contributed by atoms with van der Waals surface area (Å²) in [6.07, 6.45) is 0. The number of ether oxygens (including phenoxy) is 1. The first-order chi connectivity index (χ1) is 7.76. The van der Waals surface area contributed by atoms with E-state index < -0.39 is 5.97 Å². The molecule has 16 heavy (non-hydrogen) atoms. The molecule has 0 saturated heterocycles. The smallest absolute Gasteiger partial charge is 0.384 e. The zero-order valence-corrected chi connectivity index (χ0v) is 9.54. The SMILES string of the molecule is CCOC(=O)C#Cc1cccc(CNC)c1. The second-order valence-corrected chi connectivity index (χ2v) is 3.20. The molecule has 0 spiro atoms. The summed E-state index contributed by atoms with van der Waals surface area (Å²) >= 11 is 0. The summed E-state index contributed by atoms with van der Waals surface area (Å²) in [4.78, 5) is 11.0. The normalized spacial score (nSPS) is 9.12. The predicted octanol–water partition coefficient (Wildman–Crippen LogP) is 1.32. The second kappa shape index (κ2) is 6.65. The monoisotopic (exact) mass is 217 g/mol. The van der Waals surface area contributed by atoms with E-state index in [0.29, 0.717) is 6.61 Å². The maximum atomic E-state index is 11.0. The van der Waals surface area contributed by atoms with Crippen LogP contribution in [0.25, 0.3) is 0 Å². The Morgan fingerprint density at radius 3 is 3.00 bits per heavy atom. The molecule has 0 aliphatic rings. The van der Waals surface area contributed by atoms with Gasteiger partial charge in [0.05, 0.1) is 6.61 Å². The van der Waals surface area contributed by atoms with Crippen LogP contribution < -0.4 is 5.32 Å². The highest BCUT2D eigenvalue weighted by Crippen LogP contribution is 2.03. The van der Waals surface area contributed by atoms with Gasteiger partial charge in [-0.2, -0.15) is 0 Å². The Balaban J connectivity index is 2.73. The van der Waals surface area contributed by atoms with E-state index in [-0.39, 0.29) is 0 Å². The van der Waals surface area contributed by atoms with Gasteiger partial charge in [0.1, 0.15) is 0 Å². The summed E-state index contributed by atoms with van der Waals surface area (Å²) in [5, 5.41) is 3.06. The van der Waals surface area contributed by atoms with Crippen molar-refractivity contribution in [1.82, 2.24) is 5.32 Å². The molecule has 0 aromatic heterocycles. The minimum absolute atomic E-state index is 0.354. The van der Waals surface area contributed by atoms with Gasteiger partial charge in [0, 0.05) is 18.0 Å². The van der Waals surface area contributed by atoms with Crippen molar-refractivity contribution in [2.75, 3.05) is 13.7 Å². The number of rotatable bonds is 3. The van der Waals surface area contributed by atoms with Crippen molar-refractivity contribution in [3.8, 4) is 11.8 Å². The summed E-state index contributed by atoms with van der Waals surface area (Å²) in [7, 11) is 1.89. The molecular weight excluding hydrogens is 202 g/mol. The van der Waals surface area contributed by atoms with Crippen LogP contribution >= 0.6 is 0 Å². The highest BCUT2D eigenvalue weighted by Gasteiger charge is 1.94. The molecule has 1 N–H and O–H groups in total. The fraction of sp³-hybridized carbons (Fsp3) is 0.308. The van der Waals surface area contributed by atoms with E-state index in [2.05, 4.69) is 17.2 Å². The molecule has 0 atom stereocenters. The molecule has 0 radical (unpaired) electrons. The van der Waals surface area contributed by atoms with Gasteiger partial charge >= 0.3 is 5.97 Å². The zero-order chi connectivity index (χ0) is 11.8. The Hall–Kier alpha value is -1.79. The van der Waals surface area contributed by atoms with E-state index in [1.807, 2.05) is 31.3 Å². The molecular formula is C13H15NO2. The fourth-order valence-corrected chi connectivity index (χ4v) is 1.25. The van der Waals surface area contributed by atoms with Crippen LogP contribution in [0.4, 0.5) is 0 Å². The van der Waals surface area contributed by atoms with E-state index in [9.17, 15) is 4.79 Å². The lowest BCUT2D eigenvalue weighted by molar-refractivity contribution is -0.136. The van der Waals surface area contributed by atoms with Crippen LogP contribution in [0.3, 0.4) is 0 Å². The highest BCUT2D eigenvalue weighted by atomic mass is 16.5. The third-order valence-corrected chi connectivity index (χ3v) is 1.89. The number of hydrogen-bond acceptors (Lipinski definition) is 3. The van der Waals surface area contributed by atoms with Crippen molar-refractivity contribution in [1.29, 1.82) is 0 Å². The molecule has 0 amide bonds. The summed E-state index contributed by atoms with van der Waals surface area (Å²) in [5.41, 5.74) is 1.96. The van der Waals surface area contributed by atoms with Crippen LogP contribution in [0.1, 0.15) is 18.1 Å². The first kappa shape index (κ1) is 12.3.